The second-order valence-electron chi connectivity index (χ2n) is 8.98. The van der Waals surface area contributed by atoms with Crippen molar-refractivity contribution in [3.05, 3.63) is 95.2 Å². The number of anilines is 1. The fourth-order valence-corrected chi connectivity index (χ4v) is 4.75. The maximum Gasteiger partial charge on any atom is 0.339 e. The number of pyridine rings is 1. The van der Waals surface area contributed by atoms with E-state index < -0.39 is 5.97 Å². The molecule has 0 aliphatic heterocycles. The van der Waals surface area contributed by atoms with Gasteiger partial charge in [-0.25, -0.2) is 9.78 Å². The van der Waals surface area contributed by atoms with Crippen LogP contribution in [0.5, 0.6) is 11.5 Å². The zero-order chi connectivity index (χ0) is 26.6. The van der Waals surface area contributed by atoms with Gasteiger partial charge in [-0.15, -0.1) is 0 Å². The normalized spacial score (nSPS) is 13.3. The van der Waals surface area contributed by atoms with Gasteiger partial charge in [-0.3, -0.25) is 4.79 Å². The van der Waals surface area contributed by atoms with E-state index in [0.29, 0.717) is 34.4 Å². The van der Waals surface area contributed by atoms with E-state index in [-0.39, 0.29) is 12.5 Å². The molecule has 0 radical (unpaired) electrons. The molecular weight excluding hydrogens is 480 g/mol. The van der Waals surface area contributed by atoms with Crippen LogP contribution >= 0.6 is 0 Å². The Labute approximate surface area is 221 Å². The van der Waals surface area contributed by atoms with E-state index in [1.165, 1.54) is 4.90 Å². The lowest BCUT2D eigenvalue weighted by atomic mass is 10.0. The van der Waals surface area contributed by atoms with E-state index in [1.54, 1.807) is 21.3 Å². The summed E-state index contributed by atoms with van der Waals surface area (Å²) in [5.74, 6) is 0.458. The van der Waals surface area contributed by atoms with Gasteiger partial charge in [0.15, 0.2) is 18.1 Å². The van der Waals surface area contributed by atoms with Gasteiger partial charge in [0, 0.05) is 18.1 Å². The molecular formula is C31H28N2O5. The molecule has 0 saturated heterocycles. The van der Waals surface area contributed by atoms with Gasteiger partial charge < -0.3 is 19.1 Å². The summed E-state index contributed by atoms with van der Waals surface area (Å²) in [6.07, 6.45) is 3.43. The third-order valence-electron chi connectivity index (χ3n) is 6.74. The monoisotopic (exact) mass is 508 g/mol. The smallest absolute Gasteiger partial charge is 0.339 e. The lowest BCUT2D eigenvalue weighted by Crippen LogP contribution is -2.31. The molecule has 0 atom stereocenters. The van der Waals surface area contributed by atoms with Gasteiger partial charge >= 0.3 is 5.97 Å². The van der Waals surface area contributed by atoms with Gasteiger partial charge in [0.25, 0.3) is 5.91 Å². The first-order valence-electron chi connectivity index (χ1n) is 12.3. The van der Waals surface area contributed by atoms with Crippen molar-refractivity contribution in [2.24, 2.45) is 0 Å². The number of benzene rings is 3. The average molecular weight is 509 g/mol. The Morgan fingerprint density at radius 3 is 2.42 bits per heavy atom. The molecule has 192 valence electrons. The van der Waals surface area contributed by atoms with Crippen LogP contribution in [0.3, 0.4) is 0 Å². The molecule has 1 amide bonds. The molecule has 0 saturated carbocycles. The predicted octanol–water partition coefficient (Wildman–Crippen LogP) is 5.56. The summed E-state index contributed by atoms with van der Waals surface area (Å²) in [7, 11) is 4.87. The first kappa shape index (κ1) is 25.0. The Bertz CT molecular complexity index is 1550. The number of para-hydroxylation sites is 2. The molecule has 0 fully saturated rings. The number of esters is 1. The highest BCUT2D eigenvalue weighted by molar-refractivity contribution is 6.08. The largest absolute Gasteiger partial charge is 0.493 e. The summed E-state index contributed by atoms with van der Waals surface area (Å²) in [4.78, 5) is 32.6. The highest BCUT2D eigenvalue weighted by Crippen LogP contribution is 2.38. The van der Waals surface area contributed by atoms with Crippen molar-refractivity contribution in [2.75, 3.05) is 32.8 Å². The highest BCUT2D eigenvalue weighted by atomic mass is 16.5. The van der Waals surface area contributed by atoms with Gasteiger partial charge in [0.2, 0.25) is 0 Å². The number of amides is 1. The number of carbonyl (C=O) groups is 2. The zero-order valence-electron chi connectivity index (χ0n) is 21.6. The van der Waals surface area contributed by atoms with Crippen LogP contribution in [0.1, 0.15) is 33.6 Å². The summed E-state index contributed by atoms with van der Waals surface area (Å²) < 4.78 is 16.4. The fourth-order valence-electron chi connectivity index (χ4n) is 4.75. The lowest BCUT2D eigenvalue weighted by Gasteiger charge is -2.18. The van der Waals surface area contributed by atoms with Crippen LogP contribution < -0.4 is 14.4 Å². The number of hydrogen-bond acceptors (Lipinski definition) is 6. The standard InChI is InChI=1S/C31H28N2O5/c1-33(22-9-5-4-6-10-22)28(34)19-38-31(35)29-23-11-7-8-12-25(23)32-30-21(14-15-24(29)30)17-20-13-16-26(36-2)27(18-20)37-3/h4-13,16-18H,14-15,19H2,1-3H3. The van der Waals surface area contributed by atoms with Crippen molar-refractivity contribution in [3.63, 3.8) is 0 Å². The number of rotatable bonds is 7. The molecule has 1 aliphatic rings. The molecule has 4 aromatic rings. The van der Waals surface area contributed by atoms with E-state index in [2.05, 4.69) is 6.08 Å². The van der Waals surface area contributed by atoms with Crippen LogP contribution in [0, 0.1) is 0 Å². The van der Waals surface area contributed by atoms with E-state index in [0.717, 1.165) is 34.5 Å². The maximum atomic E-state index is 13.4. The molecule has 7 nitrogen and oxygen atoms in total. The quantitative estimate of drug-likeness (QED) is 0.304. The molecule has 5 rings (SSSR count). The minimum absolute atomic E-state index is 0.311. The summed E-state index contributed by atoms with van der Waals surface area (Å²) in [6, 6.07) is 22.5. The Kier molecular flexibility index (Phi) is 7.09. The van der Waals surface area contributed by atoms with E-state index in [1.807, 2.05) is 72.8 Å². The Hall–Kier alpha value is -4.65. The van der Waals surface area contributed by atoms with Crippen LogP contribution in [0.15, 0.2) is 72.8 Å². The van der Waals surface area contributed by atoms with E-state index >= 15 is 0 Å². The number of nitrogens with zero attached hydrogens (tertiary/aromatic N) is 2. The minimum Gasteiger partial charge on any atom is -0.493 e. The third-order valence-corrected chi connectivity index (χ3v) is 6.74. The van der Waals surface area contributed by atoms with E-state index in [9.17, 15) is 9.59 Å². The van der Waals surface area contributed by atoms with Crippen molar-refractivity contribution in [3.8, 4) is 11.5 Å². The predicted molar refractivity (Wildman–Crippen MR) is 148 cm³/mol. The number of carbonyl (C=O) groups excluding carboxylic acids is 2. The number of allylic oxidation sites excluding steroid dienone is 1. The Morgan fingerprint density at radius 1 is 0.921 bits per heavy atom. The molecule has 1 heterocycles. The molecule has 38 heavy (non-hydrogen) atoms. The van der Waals surface area contributed by atoms with Crippen LogP contribution in [-0.2, 0) is 16.0 Å². The maximum absolute atomic E-state index is 13.4. The van der Waals surface area contributed by atoms with Crippen molar-refractivity contribution in [1.82, 2.24) is 4.98 Å². The molecule has 0 spiro atoms. The summed E-state index contributed by atoms with van der Waals surface area (Å²) in [5, 5.41) is 0.715. The SMILES string of the molecule is COc1ccc(C=C2CCc3c2nc2ccccc2c3C(=O)OCC(=O)N(C)c2ccccc2)cc1OC. The summed E-state index contributed by atoms with van der Waals surface area (Å²) >= 11 is 0. The molecule has 3 aromatic carbocycles. The molecule has 0 unspecified atom stereocenters. The molecule has 7 heteroatoms. The average Bonchev–Trinajstić information content (AvgIpc) is 3.35. The molecule has 0 bridgehead atoms. The molecule has 1 aromatic heterocycles. The van der Waals surface area contributed by atoms with Crippen LogP contribution in [0.2, 0.25) is 0 Å². The Balaban J connectivity index is 1.46. The number of fused-ring (bicyclic) bond motifs is 2. The summed E-state index contributed by atoms with van der Waals surface area (Å²) in [6.45, 7) is -0.357. The number of methoxy groups -OCH3 is 2. The first-order chi connectivity index (χ1) is 18.5. The van der Waals surface area contributed by atoms with Crippen LogP contribution in [0.25, 0.3) is 22.6 Å². The molecule has 1 aliphatic carbocycles. The summed E-state index contributed by atoms with van der Waals surface area (Å²) in [5.41, 5.74) is 5.48. The second kappa shape index (κ2) is 10.8. The van der Waals surface area contributed by atoms with Crippen LogP contribution in [-0.4, -0.2) is 44.7 Å². The van der Waals surface area contributed by atoms with Crippen molar-refractivity contribution in [2.45, 2.75) is 12.8 Å². The van der Waals surface area contributed by atoms with Crippen LogP contribution in [0.4, 0.5) is 5.69 Å². The van der Waals surface area contributed by atoms with Gasteiger partial charge in [-0.05, 0) is 65.9 Å². The Morgan fingerprint density at radius 2 is 1.66 bits per heavy atom. The zero-order valence-corrected chi connectivity index (χ0v) is 21.6. The topological polar surface area (TPSA) is 78.0 Å². The van der Waals surface area contributed by atoms with Crippen molar-refractivity contribution >= 4 is 40.1 Å². The van der Waals surface area contributed by atoms with Gasteiger partial charge in [-0.2, -0.15) is 0 Å². The highest BCUT2D eigenvalue weighted by Gasteiger charge is 2.28. The fraction of sp³-hybridized carbons (Fsp3) is 0.194. The first-order valence-corrected chi connectivity index (χ1v) is 12.3. The van der Waals surface area contributed by atoms with Crippen molar-refractivity contribution < 1.29 is 23.8 Å². The third kappa shape index (κ3) is 4.83. The number of ether oxygens (including phenoxy) is 3. The van der Waals surface area contributed by atoms with Crippen molar-refractivity contribution in [1.29, 1.82) is 0 Å². The van der Waals surface area contributed by atoms with Gasteiger partial charge in [-0.1, -0.05) is 42.5 Å². The van der Waals surface area contributed by atoms with Gasteiger partial charge in [0.05, 0.1) is 31.0 Å². The van der Waals surface area contributed by atoms with Gasteiger partial charge in [0.1, 0.15) is 0 Å². The minimum atomic E-state index is -0.526. The lowest BCUT2D eigenvalue weighted by molar-refractivity contribution is -0.121. The number of likely N-dealkylation sites (N-methyl/N-ethyl adjacent to an activating group) is 1. The number of hydrogen-bond donors (Lipinski definition) is 0. The molecule has 0 N–H and O–H groups in total. The second-order valence-corrected chi connectivity index (χ2v) is 8.98. The van der Waals surface area contributed by atoms with E-state index in [4.69, 9.17) is 19.2 Å². The number of aromatic nitrogens is 1.